The van der Waals surface area contributed by atoms with Crippen LogP contribution in [0.15, 0.2) is 89.1 Å². The number of halogens is 1. The van der Waals surface area contributed by atoms with E-state index in [9.17, 15) is 4.79 Å². The lowest BCUT2D eigenvalue weighted by molar-refractivity contribution is -0.113. The molecule has 1 aromatic heterocycles. The number of para-hydroxylation sites is 2. The summed E-state index contributed by atoms with van der Waals surface area (Å²) >= 11 is 7.20. The van der Waals surface area contributed by atoms with E-state index in [1.54, 1.807) is 30.5 Å². The van der Waals surface area contributed by atoms with Crippen molar-refractivity contribution in [3.63, 3.8) is 0 Å². The number of amides is 1. The van der Waals surface area contributed by atoms with Gasteiger partial charge in [-0.25, -0.2) is 10.1 Å². The van der Waals surface area contributed by atoms with E-state index in [0.717, 1.165) is 22.9 Å². The summed E-state index contributed by atoms with van der Waals surface area (Å²) in [6.07, 6.45) is 1.61. The van der Waals surface area contributed by atoms with Crippen molar-refractivity contribution in [2.45, 2.75) is 11.8 Å². The maximum absolute atomic E-state index is 12.2. The molecule has 4 N–H and O–H groups in total. The van der Waals surface area contributed by atoms with Crippen LogP contribution in [0.1, 0.15) is 11.1 Å². The molecule has 4 aromatic rings. The first-order valence-corrected chi connectivity index (χ1v) is 11.9. The van der Waals surface area contributed by atoms with Crippen LogP contribution in [0.5, 0.6) is 5.75 Å². The van der Waals surface area contributed by atoms with Crippen molar-refractivity contribution >= 4 is 47.1 Å². The van der Waals surface area contributed by atoms with Gasteiger partial charge < -0.3 is 15.9 Å². The number of benzene rings is 3. The zero-order valence-corrected chi connectivity index (χ0v) is 20.0. The molecule has 0 aliphatic carbocycles. The number of carbonyl (C=O) groups is 1. The van der Waals surface area contributed by atoms with E-state index in [2.05, 4.69) is 26.0 Å². The molecule has 11 heteroatoms. The highest BCUT2D eigenvalue weighted by Gasteiger charge is 2.13. The molecule has 0 saturated heterocycles. The maximum atomic E-state index is 12.2. The van der Waals surface area contributed by atoms with Crippen LogP contribution in [-0.2, 0) is 11.4 Å². The van der Waals surface area contributed by atoms with E-state index in [0.29, 0.717) is 28.2 Å². The first-order chi connectivity index (χ1) is 17.1. The molecule has 0 saturated carbocycles. The first kappa shape index (κ1) is 24.1. The summed E-state index contributed by atoms with van der Waals surface area (Å²) in [6, 6.07) is 24.5. The summed E-state index contributed by atoms with van der Waals surface area (Å²) in [5.74, 6) is 6.79. The van der Waals surface area contributed by atoms with Gasteiger partial charge >= 0.3 is 0 Å². The molecule has 0 aliphatic heterocycles. The molecule has 0 bridgehead atoms. The summed E-state index contributed by atoms with van der Waals surface area (Å²) in [5.41, 5.74) is 5.16. The lowest BCUT2D eigenvalue weighted by Gasteiger charge is -2.09. The van der Waals surface area contributed by atoms with E-state index in [-0.39, 0.29) is 17.6 Å². The molecule has 3 aromatic carbocycles. The average Bonchev–Trinajstić information content (AvgIpc) is 3.23. The molecule has 9 nitrogen and oxygen atoms in total. The summed E-state index contributed by atoms with van der Waals surface area (Å²) < 4.78 is 7.16. The minimum Gasteiger partial charge on any atom is -0.488 e. The number of ether oxygens (including phenoxy) is 1. The molecule has 178 valence electrons. The standard InChI is InChI=1S/C24H22ClN7O2S/c25-19-11-5-6-12-20(19)28-22(33)16-35-24-31-30-23(32(24)26)29-27-14-18-10-4-7-13-21(18)34-15-17-8-2-1-3-9-17/h1-14H,15-16,26H2,(H,28,33)(H,29,30)/b27-14+. The van der Waals surface area contributed by atoms with E-state index >= 15 is 0 Å². The van der Waals surface area contributed by atoms with Gasteiger partial charge in [-0.2, -0.15) is 5.10 Å². The second kappa shape index (κ2) is 11.9. The quantitative estimate of drug-likeness (QED) is 0.126. The fourth-order valence-corrected chi connectivity index (χ4v) is 3.78. The van der Waals surface area contributed by atoms with Gasteiger partial charge in [0.2, 0.25) is 11.1 Å². The second-order valence-corrected chi connectivity index (χ2v) is 8.52. The molecule has 0 aliphatic rings. The van der Waals surface area contributed by atoms with Crippen LogP contribution < -0.4 is 21.3 Å². The van der Waals surface area contributed by atoms with Crippen molar-refractivity contribution in [3.05, 3.63) is 95.0 Å². The molecule has 4 rings (SSSR count). The molecule has 1 heterocycles. The molecule has 0 radical (unpaired) electrons. The van der Waals surface area contributed by atoms with Crippen LogP contribution in [0.2, 0.25) is 5.02 Å². The number of hydrogen-bond donors (Lipinski definition) is 3. The number of aromatic nitrogens is 3. The zero-order valence-electron chi connectivity index (χ0n) is 18.5. The van der Waals surface area contributed by atoms with Crippen LogP contribution in [0, 0.1) is 0 Å². The Morgan fingerprint density at radius 1 is 1.06 bits per heavy atom. The Labute approximate surface area is 211 Å². The van der Waals surface area contributed by atoms with Crippen LogP contribution in [0.3, 0.4) is 0 Å². The fourth-order valence-electron chi connectivity index (χ4n) is 2.94. The van der Waals surface area contributed by atoms with Gasteiger partial charge in [0.25, 0.3) is 5.95 Å². The van der Waals surface area contributed by atoms with Crippen LogP contribution in [-0.4, -0.2) is 32.7 Å². The van der Waals surface area contributed by atoms with Gasteiger partial charge in [-0.15, -0.1) is 10.2 Å². The van der Waals surface area contributed by atoms with Gasteiger partial charge in [0.1, 0.15) is 12.4 Å². The Morgan fingerprint density at radius 3 is 2.63 bits per heavy atom. The Bertz CT molecular complexity index is 1310. The fraction of sp³-hybridized carbons (Fsp3) is 0.0833. The highest BCUT2D eigenvalue weighted by atomic mass is 35.5. The van der Waals surface area contributed by atoms with Gasteiger partial charge in [-0.3, -0.25) is 4.79 Å². The second-order valence-electron chi connectivity index (χ2n) is 7.17. The van der Waals surface area contributed by atoms with Crippen LogP contribution >= 0.6 is 23.4 Å². The molecule has 35 heavy (non-hydrogen) atoms. The van der Waals surface area contributed by atoms with Crippen LogP contribution in [0.25, 0.3) is 0 Å². The van der Waals surface area contributed by atoms with Crippen molar-refractivity contribution in [2.75, 3.05) is 22.3 Å². The summed E-state index contributed by atoms with van der Waals surface area (Å²) in [7, 11) is 0. The number of thioether (sulfide) groups is 1. The maximum Gasteiger partial charge on any atom is 0.264 e. The van der Waals surface area contributed by atoms with Gasteiger partial charge in [-0.05, 0) is 29.8 Å². The minimum absolute atomic E-state index is 0.0793. The predicted molar refractivity (Wildman–Crippen MR) is 139 cm³/mol. The number of rotatable bonds is 10. The van der Waals surface area contributed by atoms with Gasteiger partial charge in [-0.1, -0.05) is 78.0 Å². The summed E-state index contributed by atoms with van der Waals surface area (Å²) in [6.45, 7) is 0.445. The molecule has 0 unspecified atom stereocenters. The topological polar surface area (TPSA) is 119 Å². The SMILES string of the molecule is Nn1c(N/N=C/c2ccccc2OCc2ccccc2)nnc1SCC(=O)Nc1ccccc1Cl. The smallest absolute Gasteiger partial charge is 0.264 e. The molecule has 0 spiro atoms. The normalized spacial score (nSPS) is 10.9. The molecule has 0 fully saturated rings. The molecule has 1 amide bonds. The third-order valence-electron chi connectivity index (χ3n) is 4.67. The number of carbonyl (C=O) groups excluding carboxylic acids is 1. The summed E-state index contributed by atoms with van der Waals surface area (Å²) in [5, 5.41) is 15.7. The lowest BCUT2D eigenvalue weighted by Crippen LogP contribution is -2.17. The van der Waals surface area contributed by atoms with Crippen molar-refractivity contribution in [3.8, 4) is 5.75 Å². The van der Waals surface area contributed by atoms with E-state index in [4.69, 9.17) is 22.2 Å². The van der Waals surface area contributed by atoms with Crippen molar-refractivity contribution in [1.82, 2.24) is 14.9 Å². The Kier molecular flexibility index (Phi) is 8.21. The van der Waals surface area contributed by atoms with Crippen molar-refractivity contribution in [2.24, 2.45) is 5.10 Å². The number of nitrogen functional groups attached to an aromatic ring is 1. The van der Waals surface area contributed by atoms with E-state index in [1.807, 2.05) is 54.6 Å². The highest BCUT2D eigenvalue weighted by Crippen LogP contribution is 2.22. The number of nitrogens with zero attached hydrogens (tertiary/aromatic N) is 4. The minimum atomic E-state index is -0.245. The van der Waals surface area contributed by atoms with Crippen molar-refractivity contribution in [1.29, 1.82) is 0 Å². The predicted octanol–water partition coefficient (Wildman–Crippen LogP) is 4.40. The average molecular weight is 508 g/mol. The third kappa shape index (κ3) is 6.75. The monoisotopic (exact) mass is 507 g/mol. The molecular formula is C24H22ClN7O2S. The first-order valence-electron chi connectivity index (χ1n) is 10.5. The lowest BCUT2D eigenvalue weighted by atomic mass is 10.2. The Balaban J connectivity index is 1.31. The highest BCUT2D eigenvalue weighted by molar-refractivity contribution is 7.99. The number of anilines is 2. The third-order valence-corrected chi connectivity index (χ3v) is 5.94. The number of nitrogens with two attached hydrogens (primary N) is 1. The Hall–Kier alpha value is -4.02. The van der Waals surface area contributed by atoms with Gasteiger partial charge in [0.05, 0.1) is 22.7 Å². The van der Waals surface area contributed by atoms with Crippen molar-refractivity contribution < 1.29 is 9.53 Å². The number of hydrazone groups is 1. The molecule has 0 atom stereocenters. The zero-order chi connectivity index (χ0) is 24.5. The Morgan fingerprint density at radius 2 is 1.80 bits per heavy atom. The molecular weight excluding hydrogens is 486 g/mol. The van der Waals surface area contributed by atoms with Gasteiger partial charge in [0.15, 0.2) is 0 Å². The number of hydrogen-bond acceptors (Lipinski definition) is 8. The van der Waals surface area contributed by atoms with E-state index < -0.39 is 0 Å². The number of nitrogens with one attached hydrogen (secondary N) is 2. The van der Waals surface area contributed by atoms with Crippen LogP contribution in [0.4, 0.5) is 11.6 Å². The summed E-state index contributed by atoms with van der Waals surface area (Å²) in [4.78, 5) is 12.2. The van der Waals surface area contributed by atoms with E-state index in [1.165, 1.54) is 4.68 Å². The van der Waals surface area contributed by atoms with Gasteiger partial charge in [0, 0.05) is 5.56 Å². The largest absolute Gasteiger partial charge is 0.488 e.